The molecule has 6 nitrogen and oxygen atoms in total. The summed E-state index contributed by atoms with van der Waals surface area (Å²) >= 11 is 1.74. The number of nitrogens with one attached hydrogen (secondary N) is 1. The molecule has 158 valence electrons. The lowest BCUT2D eigenvalue weighted by molar-refractivity contribution is 0.0906. The van der Waals surface area contributed by atoms with Gasteiger partial charge in [0, 0.05) is 23.1 Å². The summed E-state index contributed by atoms with van der Waals surface area (Å²) < 4.78 is 10.6. The van der Waals surface area contributed by atoms with Crippen LogP contribution in [0.1, 0.15) is 41.2 Å². The van der Waals surface area contributed by atoms with Crippen molar-refractivity contribution in [2.75, 3.05) is 26.7 Å². The van der Waals surface area contributed by atoms with E-state index in [2.05, 4.69) is 39.8 Å². The largest absolute Gasteiger partial charge is 0.497 e. The van der Waals surface area contributed by atoms with Gasteiger partial charge in [-0.15, -0.1) is 11.3 Å². The number of benzene rings is 1. The first kappa shape index (κ1) is 20.6. The van der Waals surface area contributed by atoms with E-state index in [4.69, 9.17) is 9.26 Å². The van der Waals surface area contributed by atoms with Crippen LogP contribution in [0.25, 0.3) is 11.3 Å². The monoisotopic (exact) mass is 425 g/mol. The second kappa shape index (κ2) is 9.45. The molecule has 0 spiro atoms. The molecule has 1 N–H and O–H groups in total. The summed E-state index contributed by atoms with van der Waals surface area (Å²) in [6.07, 6.45) is 2.40. The second-order valence-corrected chi connectivity index (χ2v) is 8.74. The molecule has 0 bridgehead atoms. The van der Waals surface area contributed by atoms with Gasteiger partial charge in [0.15, 0.2) is 11.5 Å². The molecule has 1 aromatic carbocycles. The number of amides is 1. The Kier molecular flexibility index (Phi) is 6.50. The van der Waals surface area contributed by atoms with Gasteiger partial charge >= 0.3 is 0 Å². The van der Waals surface area contributed by atoms with Gasteiger partial charge in [-0.1, -0.05) is 18.1 Å². The normalized spacial score (nSPS) is 16.3. The number of hydrogen-bond donors (Lipinski definition) is 1. The SMILES string of the molecule is COc1ccc(-c2cc(C(=O)NC[C@@H](c3cccs3)N3CCC(C)CC3)no2)cc1. The van der Waals surface area contributed by atoms with E-state index in [0.717, 1.165) is 30.3 Å². The topological polar surface area (TPSA) is 67.6 Å². The van der Waals surface area contributed by atoms with Crippen molar-refractivity contribution < 1.29 is 14.1 Å². The highest BCUT2D eigenvalue weighted by Crippen LogP contribution is 2.29. The van der Waals surface area contributed by atoms with Crippen molar-refractivity contribution in [2.24, 2.45) is 5.92 Å². The molecule has 1 saturated heterocycles. The quantitative estimate of drug-likeness (QED) is 0.598. The molecule has 3 heterocycles. The Morgan fingerprint density at radius 1 is 1.30 bits per heavy atom. The summed E-state index contributed by atoms with van der Waals surface area (Å²) in [6.45, 7) is 4.99. The van der Waals surface area contributed by atoms with Crippen LogP contribution in [0.15, 0.2) is 52.4 Å². The van der Waals surface area contributed by atoms with Crippen molar-refractivity contribution in [3.63, 3.8) is 0 Å². The molecule has 0 radical (unpaired) electrons. The Hall–Kier alpha value is -2.64. The van der Waals surface area contributed by atoms with Gasteiger partial charge in [0.2, 0.25) is 0 Å². The predicted octanol–water partition coefficient (Wildman–Crippen LogP) is 4.61. The van der Waals surface area contributed by atoms with Gasteiger partial charge in [-0.3, -0.25) is 9.69 Å². The summed E-state index contributed by atoms with van der Waals surface area (Å²) in [4.78, 5) is 16.5. The number of carbonyl (C=O) groups excluding carboxylic acids is 1. The van der Waals surface area contributed by atoms with Gasteiger partial charge in [-0.05, 0) is 67.6 Å². The van der Waals surface area contributed by atoms with E-state index >= 15 is 0 Å². The zero-order chi connectivity index (χ0) is 20.9. The maximum absolute atomic E-state index is 12.7. The Balaban J connectivity index is 1.41. The minimum atomic E-state index is -0.217. The third kappa shape index (κ3) is 4.74. The molecule has 7 heteroatoms. The molecule has 1 amide bonds. The number of rotatable bonds is 7. The summed E-state index contributed by atoms with van der Waals surface area (Å²) in [7, 11) is 1.62. The van der Waals surface area contributed by atoms with Gasteiger partial charge in [0.1, 0.15) is 5.75 Å². The van der Waals surface area contributed by atoms with Crippen molar-refractivity contribution in [1.82, 2.24) is 15.4 Å². The Labute approximate surface area is 180 Å². The van der Waals surface area contributed by atoms with Crippen molar-refractivity contribution in [1.29, 1.82) is 0 Å². The van der Waals surface area contributed by atoms with Crippen molar-refractivity contribution >= 4 is 17.2 Å². The van der Waals surface area contributed by atoms with Gasteiger partial charge < -0.3 is 14.6 Å². The highest BCUT2D eigenvalue weighted by molar-refractivity contribution is 7.10. The lowest BCUT2D eigenvalue weighted by Gasteiger charge is -2.36. The average molecular weight is 426 g/mol. The minimum Gasteiger partial charge on any atom is -0.497 e. The maximum atomic E-state index is 12.7. The lowest BCUT2D eigenvalue weighted by atomic mass is 9.97. The predicted molar refractivity (Wildman–Crippen MR) is 118 cm³/mol. The van der Waals surface area contributed by atoms with Gasteiger partial charge in [-0.25, -0.2) is 0 Å². The standard InChI is InChI=1S/C23H27N3O3S/c1-16-9-11-26(12-10-16)20(22-4-3-13-30-22)15-24-23(27)19-14-21(29-25-19)17-5-7-18(28-2)8-6-17/h3-8,13-14,16,20H,9-12,15H2,1-2H3,(H,24,27)/t20-/m0/s1. The molecule has 0 unspecified atom stereocenters. The first-order chi connectivity index (χ1) is 14.6. The van der Waals surface area contributed by atoms with Crippen LogP contribution in [0.4, 0.5) is 0 Å². The first-order valence-corrected chi connectivity index (χ1v) is 11.2. The van der Waals surface area contributed by atoms with Gasteiger partial charge in [-0.2, -0.15) is 0 Å². The van der Waals surface area contributed by atoms with E-state index in [1.54, 1.807) is 24.5 Å². The Bertz CT molecular complexity index is 945. The van der Waals surface area contributed by atoms with Crippen molar-refractivity contribution in [3.8, 4) is 17.1 Å². The molecular formula is C23H27N3O3S. The molecule has 1 aliphatic rings. The number of piperidine rings is 1. The second-order valence-electron chi connectivity index (χ2n) is 7.76. The number of carbonyl (C=O) groups is 1. The van der Waals surface area contributed by atoms with E-state index in [0.29, 0.717) is 12.3 Å². The minimum absolute atomic E-state index is 0.189. The van der Waals surface area contributed by atoms with E-state index in [1.165, 1.54) is 17.7 Å². The van der Waals surface area contributed by atoms with Crippen molar-refractivity contribution in [2.45, 2.75) is 25.8 Å². The van der Waals surface area contributed by atoms with Crippen LogP contribution in [0, 0.1) is 5.92 Å². The molecule has 3 aromatic rings. The highest BCUT2D eigenvalue weighted by Gasteiger charge is 2.26. The Morgan fingerprint density at radius 3 is 2.73 bits per heavy atom. The summed E-state index contributed by atoms with van der Waals surface area (Å²) in [6, 6.07) is 13.5. The maximum Gasteiger partial charge on any atom is 0.273 e. The molecule has 30 heavy (non-hydrogen) atoms. The van der Waals surface area contributed by atoms with E-state index in [1.807, 2.05) is 24.3 Å². The van der Waals surface area contributed by atoms with Crippen LogP contribution in [0.3, 0.4) is 0 Å². The van der Waals surface area contributed by atoms with Crippen LogP contribution >= 0.6 is 11.3 Å². The zero-order valence-electron chi connectivity index (χ0n) is 17.3. The smallest absolute Gasteiger partial charge is 0.273 e. The number of likely N-dealkylation sites (tertiary alicyclic amines) is 1. The third-order valence-electron chi connectivity index (χ3n) is 5.70. The fraction of sp³-hybridized carbons (Fsp3) is 0.391. The lowest BCUT2D eigenvalue weighted by Crippen LogP contribution is -2.41. The number of methoxy groups -OCH3 is 1. The third-order valence-corrected chi connectivity index (χ3v) is 6.68. The molecule has 0 aliphatic carbocycles. The van der Waals surface area contributed by atoms with Crippen LogP contribution in [-0.4, -0.2) is 42.7 Å². The molecule has 2 aromatic heterocycles. The highest BCUT2D eigenvalue weighted by atomic mass is 32.1. The fourth-order valence-corrected chi connectivity index (χ4v) is 4.65. The number of aromatic nitrogens is 1. The number of thiophene rings is 1. The van der Waals surface area contributed by atoms with Crippen molar-refractivity contribution in [3.05, 3.63) is 58.4 Å². The summed E-state index contributed by atoms with van der Waals surface area (Å²) in [5, 5.41) is 9.12. The molecule has 1 aliphatic heterocycles. The first-order valence-electron chi connectivity index (χ1n) is 10.3. The molecule has 4 rings (SSSR count). The van der Waals surface area contributed by atoms with E-state index < -0.39 is 0 Å². The van der Waals surface area contributed by atoms with Crippen LogP contribution in [0.2, 0.25) is 0 Å². The van der Waals surface area contributed by atoms with Crippen LogP contribution in [-0.2, 0) is 0 Å². The van der Waals surface area contributed by atoms with Gasteiger partial charge in [0.25, 0.3) is 5.91 Å². The summed E-state index contributed by atoms with van der Waals surface area (Å²) in [5.74, 6) is 1.88. The molecule has 0 saturated carbocycles. The molecule has 1 fully saturated rings. The Morgan fingerprint density at radius 2 is 2.07 bits per heavy atom. The van der Waals surface area contributed by atoms with Gasteiger partial charge in [0.05, 0.1) is 13.2 Å². The number of hydrogen-bond acceptors (Lipinski definition) is 6. The zero-order valence-corrected chi connectivity index (χ0v) is 18.2. The summed E-state index contributed by atoms with van der Waals surface area (Å²) in [5.41, 5.74) is 1.14. The number of ether oxygens (including phenoxy) is 1. The molecule has 1 atom stereocenters. The van der Waals surface area contributed by atoms with E-state index in [-0.39, 0.29) is 17.6 Å². The molecular weight excluding hydrogens is 398 g/mol. The van der Waals surface area contributed by atoms with Crippen LogP contribution < -0.4 is 10.1 Å². The van der Waals surface area contributed by atoms with E-state index in [9.17, 15) is 4.79 Å². The average Bonchev–Trinajstić information content (AvgIpc) is 3.48. The fourth-order valence-electron chi connectivity index (χ4n) is 3.78. The number of nitrogens with zero attached hydrogens (tertiary/aromatic N) is 2. The van der Waals surface area contributed by atoms with Crippen LogP contribution in [0.5, 0.6) is 5.75 Å².